The predicted octanol–water partition coefficient (Wildman–Crippen LogP) is 3.28. The fourth-order valence-corrected chi connectivity index (χ4v) is 4.06. The van der Waals surface area contributed by atoms with Gasteiger partial charge in [0.2, 0.25) is 5.91 Å². The third-order valence-corrected chi connectivity index (χ3v) is 5.50. The van der Waals surface area contributed by atoms with E-state index in [2.05, 4.69) is 10.3 Å². The molecule has 0 radical (unpaired) electrons. The minimum Gasteiger partial charge on any atom is -0.352 e. The smallest absolute Gasteiger partial charge is 0.249 e. The molecule has 23 heavy (non-hydrogen) atoms. The molecular formula is C17H14Cl2N2O2. The molecule has 118 valence electrons. The van der Waals surface area contributed by atoms with E-state index in [0.717, 1.165) is 17.0 Å². The highest BCUT2D eigenvalue weighted by Crippen LogP contribution is 2.45. The Hall–Kier alpha value is -1.65. The van der Waals surface area contributed by atoms with Crippen molar-refractivity contribution < 1.29 is 9.59 Å². The lowest BCUT2D eigenvalue weighted by molar-refractivity contribution is -0.120. The molecule has 0 aromatic heterocycles. The SMILES string of the molecule is O=C1NCCC2=C1C(c1ccc(Cl)c(Cl)c1)C1C(=O)CCC1=N2. The number of fused-ring (bicyclic) bond motifs is 1. The number of amides is 1. The summed E-state index contributed by atoms with van der Waals surface area (Å²) in [5, 5.41) is 3.75. The zero-order valence-electron chi connectivity index (χ0n) is 12.2. The molecule has 2 aliphatic heterocycles. The van der Waals surface area contributed by atoms with Crippen molar-refractivity contribution >= 4 is 40.6 Å². The fourth-order valence-electron chi connectivity index (χ4n) is 3.75. The molecule has 1 N–H and O–H groups in total. The summed E-state index contributed by atoms with van der Waals surface area (Å²) < 4.78 is 0. The number of carbonyl (C=O) groups is 2. The zero-order chi connectivity index (χ0) is 16.1. The van der Waals surface area contributed by atoms with Crippen molar-refractivity contribution in [1.29, 1.82) is 0 Å². The molecule has 1 saturated carbocycles. The summed E-state index contributed by atoms with van der Waals surface area (Å²) in [7, 11) is 0. The van der Waals surface area contributed by atoms with E-state index in [4.69, 9.17) is 23.2 Å². The number of hydrogen-bond acceptors (Lipinski definition) is 3. The summed E-state index contributed by atoms with van der Waals surface area (Å²) in [6, 6.07) is 5.32. The van der Waals surface area contributed by atoms with Gasteiger partial charge in [-0.15, -0.1) is 0 Å². The van der Waals surface area contributed by atoms with Crippen LogP contribution in [-0.4, -0.2) is 23.9 Å². The molecule has 1 aliphatic carbocycles. The van der Waals surface area contributed by atoms with Crippen molar-refractivity contribution in [1.82, 2.24) is 5.32 Å². The Morgan fingerprint density at radius 3 is 2.65 bits per heavy atom. The second-order valence-corrected chi connectivity index (χ2v) is 6.88. The lowest BCUT2D eigenvalue weighted by Gasteiger charge is -2.33. The molecule has 1 aromatic rings. The highest BCUT2D eigenvalue weighted by Gasteiger charge is 2.46. The molecule has 4 rings (SSSR count). The average molecular weight is 349 g/mol. The maximum Gasteiger partial charge on any atom is 0.249 e. The highest BCUT2D eigenvalue weighted by atomic mass is 35.5. The third-order valence-electron chi connectivity index (χ3n) is 4.76. The Bertz CT molecular complexity index is 798. The van der Waals surface area contributed by atoms with Crippen LogP contribution in [0.5, 0.6) is 0 Å². The van der Waals surface area contributed by atoms with E-state index in [1.807, 2.05) is 6.07 Å². The van der Waals surface area contributed by atoms with Gasteiger partial charge in [0.15, 0.2) is 0 Å². The summed E-state index contributed by atoms with van der Waals surface area (Å²) >= 11 is 12.2. The van der Waals surface area contributed by atoms with Gasteiger partial charge in [-0.05, 0) is 24.1 Å². The van der Waals surface area contributed by atoms with Crippen molar-refractivity contribution in [2.75, 3.05) is 6.54 Å². The van der Waals surface area contributed by atoms with E-state index in [9.17, 15) is 9.59 Å². The van der Waals surface area contributed by atoms with Gasteiger partial charge < -0.3 is 5.32 Å². The van der Waals surface area contributed by atoms with Gasteiger partial charge in [-0.25, -0.2) is 0 Å². The Morgan fingerprint density at radius 2 is 1.87 bits per heavy atom. The molecule has 2 unspecified atom stereocenters. The van der Waals surface area contributed by atoms with E-state index in [1.54, 1.807) is 12.1 Å². The fraction of sp³-hybridized carbons (Fsp3) is 0.353. The Morgan fingerprint density at radius 1 is 1.04 bits per heavy atom. The molecule has 2 atom stereocenters. The first-order valence-electron chi connectivity index (χ1n) is 7.62. The molecule has 3 aliphatic rings. The Labute approximate surface area is 143 Å². The van der Waals surface area contributed by atoms with Crippen LogP contribution in [0.3, 0.4) is 0 Å². The van der Waals surface area contributed by atoms with Crippen LogP contribution >= 0.6 is 23.2 Å². The molecule has 2 heterocycles. The molecular weight excluding hydrogens is 335 g/mol. The minimum atomic E-state index is -0.352. The number of aliphatic imine (C=N–C) groups is 1. The number of ketones is 1. The lowest BCUT2D eigenvalue weighted by atomic mass is 9.74. The lowest BCUT2D eigenvalue weighted by Crippen LogP contribution is -2.40. The van der Waals surface area contributed by atoms with Crippen LogP contribution in [-0.2, 0) is 9.59 Å². The highest BCUT2D eigenvalue weighted by molar-refractivity contribution is 6.42. The molecule has 0 saturated heterocycles. The largest absolute Gasteiger partial charge is 0.352 e. The summed E-state index contributed by atoms with van der Waals surface area (Å²) in [4.78, 5) is 29.5. The summed E-state index contributed by atoms with van der Waals surface area (Å²) in [6.45, 7) is 0.584. The molecule has 1 fully saturated rings. The van der Waals surface area contributed by atoms with E-state index >= 15 is 0 Å². The third kappa shape index (κ3) is 2.32. The first-order chi connectivity index (χ1) is 11.1. The second-order valence-electron chi connectivity index (χ2n) is 6.06. The van der Waals surface area contributed by atoms with Crippen molar-refractivity contribution in [3.8, 4) is 0 Å². The van der Waals surface area contributed by atoms with Crippen molar-refractivity contribution in [3.63, 3.8) is 0 Å². The molecule has 4 nitrogen and oxygen atoms in total. The first-order valence-corrected chi connectivity index (χ1v) is 8.38. The van der Waals surface area contributed by atoms with Crippen LogP contribution in [0.1, 0.15) is 30.7 Å². The van der Waals surface area contributed by atoms with Crippen molar-refractivity contribution in [2.24, 2.45) is 10.9 Å². The van der Waals surface area contributed by atoms with Crippen molar-refractivity contribution in [3.05, 3.63) is 45.1 Å². The Balaban J connectivity index is 1.91. The number of halogens is 2. The molecule has 1 aromatic carbocycles. The number of Topliss-reactive ketones (excluding diaryl/α,β-unsaturated/α-hetero) is 1. The van der Waals surface area contributed by atoms with Crippen LogP contribution in [0.25, 0.3) is 0 Å². The minimum absolute atomic E-state index is 0.134. The van der Waals surface area contributed by atoms with Gasteiger partial charge in [-0.1, -0.05) is 29.3 Å². The van der Waals surface area contributed by atoms with E-state index < -0.39 is 0 Å². The maximum absolute atomic E-state index is 12.5. The van der Waals surface area contributed by atoms with Crippen molar-refractivity contribution in [2.45, 2.75) is 25.2 Å². The van der Waals surface area contributed by atoms with Crippen LogP contribution < -0.4 is 5.32 Å². The normalized spacial score (nSPS) is 26.6. The van der Waals surface area contributed by atoms with E-state index in [0.29, 0.717) is 41.4 Å². The number of hydrogen-bond donors (Lipinski definition) is 1. The molecule has 0 spiro atoms. The maximum atomic E-state index is 12.5. The monoisotopic (exact) mass is 348 g/mol. The quantitative estimate of drug-likeness (QED) is 0.846. The van der Waals surface area contributed by atoms with Gasteiger partial charge in [0.05, 0.1) is 21.7 Å². The molecule has 0 bridgehead atoms. The standard InChI is InChI=1S/C17H14Cl2N2O2/c18-9-2-1-8(7-10(9)19)14-15-11(3-4-13(15)22)21-12-5-6-20-17(23)16(12)14/h1-2,7,14-15H,3-6H2,(H,20,23). The topological polar surface area (TPSA) is 58.5 Å². The summed E-state index contributed by atoms with van der Waals surface area (Å²) in [5.41, 5.74) is 3.17. The van der Waals surface area contributed by atoms with Crippen LogP contribution in [0.15, 0.2) is 34.5 Å². The van der Waals surface area contributed by atoms with E-state index in [-0.39, 0.29) is 23.5 Å². The summed E-state index contributed by atoms with van der Waals surface area (Å²) in [6.07, 6.45) is 1.87. The number of carbonyl (C=O) groups excluding carboxylic acids is 2. The van der Waals surface area contributed by atoms with Gasteiger partial charge in [-0.2, -0.15) is 0 Å². The summed E-state index contributed by atoms with van der Waals surface area (Å²) in [5.74, 6) is -0.660. The number of nitrogens with one attached hydrogen (secondary N) is 1. The van der Waals surface area contributed by atoms with Gasteiger partial charge in [0, 0.05) is 36.6 Å². The predicted molar refractivity (Wildman–Crippen MR) is 89.0 cm³/mol. The van der Waals surface area contributed by atoms with Crippen LogP contribution in [0.2, 0.25) is 10.0 Å². The number of benzene rings is 1. The van der Waals surface area contributed by atoms with Gasteiger partial charge >= 0.3 is 0 Å². The van der Waals surface area contributed by atoms with Gasteiger partial charge in [0.25, 0.3) is 0 Å². The number of nitrogens with zero attached hydrogens (tertiary/aromatic N) is 1. The Kier molecular flexibility index (Phi) is 3.54. The first kappa shape index (κ1) is 14.9. The average Bonchev–Trinajstić information content (AvgIpc) is 2.90. The van der Waals surface area contributed by atoms with Gasteiger partial charge in [-0.3, -0.25) is 14.6 Å². The molecule has 6 heteroatoms. The van der Waals surface area contributed by atoms with Crippen LogP contribution in [0.4, 0.5) is 0 Å². The number of rotatable bonds is 1. The van der Waals surface area contributed by atoms with Crippen LogP contribution in [0, 0.1) is 5.92 Å². The zero-order valence-corrected chi connectivity index (χ0v) is 13.7. The van der Waals surface area contributed by atoms with Gasteiger partial charge in [0.1, 0.15) is 5.78 Å². The molecule has 1 amide bonds. The second kappa shape index (κ2) is 5.46. The van der Waals surface area contributed by atoms with E-state index in [1.165, 1.54) is 0 Å².